The van der Waals surface area contributed by atoms with E-state index >= 15 is 0 Å². The van der Waals surface area contributed by atoms with Gasteiger partial charge in [0.05, 0.1) is 17.7 Å². The molecular formula is C22H23N3O5S. The van der Waals surface area contributed by atoms with Crippen LogP contribution in [0.1, 0.15) is 32.0 Å². The average molecular weight is 442 g/mol. The van der Waals surface area contributed by atoms with Crippen LogP contribution in [-0.2, 0) is 23.1 Å². The van der Waals surface area contributed by atoms with Gasteiger partial charge in [-0.2, -0.15) is 4.31 Å². The maximum atomic E-state index is 13.4. The lowest BCUT2D eigenvalue weighted by molar-refractivity contribution is 0.0955. The van der Waals surface area contributed by atoms with E-state index in [1.165, 1.54) is 41.9 Å². The Balaban J connectivity index is 1.90. The third kappa shape index (κ3) is 5.19. The summed E-state index contributed by atoms with van der Waals surface area (Å²) in [6.45, 7) is 0.109. The third-order valence-electron chi connectivity index (χ3n) is 4.70. The van der Waals surface area contributed by atoms with Crippen LogP contribution >= 0.6 is 0 Å². The van der Waals surface area contributed by atoms with Gasteiger partial charge in [0.1, 0.15) is 5.76 Å². The Bertz CT molecular complexity index is 1140. The molecule has 1 aromatic heterocycles. The molecule has 0 aliphatic rings. The zero-order valence-electron chi connectivity index (χ0n) is 17.2. The number of hydrogen-bond donors (Lipinski definition) is 2. The predicted octanol–water partition coefficient (Wildman–Crippen LogP) is 2.39. The fourth-order valence-corrected chi connectivity index (χ4v) is 4.38. The van der Waals surface area contributed by atoms with E-state index in [1.54, 1.807) is 43.4 Å². The van der Waals surface area contributed by atoms with Crippen LogP contribution in [0.25, 0.3) is 0 Å². The van der Waals surface area contributed by atoms with E-state index in [0.29, 0.717) is 22.5 Å². The van der Waals surface area contributed by atoms with Gasteiger partial charge in [-0.25, -0.2) is 8.42 Å². The molecule has 162 valence electrons. The van der Waals surface area contributed by atoms with Gasteiger partial charge < -0.3 is 15.1 Å². The molecule has 3 rings (SSSR count). The Morgan fingerprint density at radius 1 is 0.839 bits per heavy atom. The first-order valence-corrected chi connectivity index (χ1v) is 10.9. The lowest BCUT2D eigenvalue weighted by Crippen LogP contribution is -2.30. The number of carbonyl (C=O) groups excluding carboxylic acids is 2. The second kappa shape index (κ2) is 9.59. The van der Waals surface area contributed by atoms with E-state index in [9.17, 15) is 18.0 Å². The summed E-state index contributed by atoms with van der Waals surface area (Å²) >= 11 is 0. The zero-order valence-corrected chi connectivity index (χ0v) is 18.0. The van der Waals surface area contributed by atoms with Crippen molar-refractivity contribution in [3.05, 3.63) is 89.4 Å². The van der Waals surface area contributed by atoms with Crippen molar-refractivity contribution < 1.29 is 22.4 Å². The summed E-state index contributed by atoms with van der Waals surface area (Å²) in [4.78, 5) is 23.6. The van der Waals surface area contributed by atoms with Gasteiger partial charge >= 0.3 is 0 Å². The van der Waals surface area contributed by atoms with Gasteiger partial charge in [0.25, 0.3) is 11.8 Å². The molecule has 0 aliphatic carbocycles. The van der Waals surface area contributed by atoms with Gasteiger partial charge in [-0.05, 0) is 54.1 Å². The molecule has 1 heterocycles. The van der Waals surface area contributed by atoms with Gasteiger partial charge in [-0.15, -0.1) is 0 Å². The SMILES string of the molecule is CNC(=O)c1ccc(CN(Cc2ccco2)S(=O)(=O)c2ccc(C(=O)NC)cc2)cc1. The molecule has 8 nitrogen and oxygen atoms in total. The van der Waals surface area contributed by atoms with Crippen molar-refractivity contribution in [1.82, 2.24) is 14.9 Å². The Kier molecular flexibility index (Phi) is 6.88. The largest absolute Gasteiger partial charge is 0.468 e. The summed E-state index contributed by atoms with van der Waals surface area (Å²) in [5.74, 6) is -0.0250. The molecule has 0 saturated carbocycles. The average Bonchev–Trinajstić information content (AvgIpc) is 3.31. The maximum Gasteiger partial charge on any atom is 0.251 e. The minimum atomic E-state index is -3.89. The second-order valence-corrected chi connectivity index (χ2v) is 8.67. The summed E-state index contributed by atoms with van der Waals surface area (Å²) in [7, 11) is -0.841. The van der Waals surface area contributed by atoms with E-state index in [-0.39, 0.29) is 29.8 Å². The molecule has 0 radical (unpaired) electrons. The highest BCUT2D eigenvalue weighted by molar-refractivity contribution is 7.89. The standard InChI is InChI=1S/C22H23N3O5S/c1-23-21(26)17-7-5-16(6-8-17)14-25(15-19-4-3-13-30-19)31(28,29)20-11-9-18(10-12-20)22(27)24-2/h3-13H,14-15H2,1-2H3,(H,23,26)(H,24,27). The summed E-state index contributed by atoms with van der Waals surface area (Å²) in [6, 6.07) is 15.8. The Morgan fingerprint density at radius 3 is 1.87 bits per heavy atom. The molecule has 2 N–H and O–H groups in total. The number of sulfonamides is 1. The number of nitrogens with zero attached hydrogens (tertiary/aromatic N) is 1. The first-order chi connectivity index (χ1) is 14.8. The fourth-order valence-electron chi connectivity index (χ4n) is 2.98. The molecule has 0 aliphatic heterocycles. The minimum Gasteiger partial charge on any atom is -0.468 e. The molecule has 0 saturated heterocycles. The molecule has 0 unspecified atom stereocenters. The second-order valence-electron chi connectivity index (χ2n) is 6.73. The highest BCUT2D eigenvalue weighted by Crippen LogP contribution is 2.22. The number of nitrogens with one attached hydrogen (secondary N) is 2. The van der Waals surface area contributed by atoms with Gasteiger partial charge in [-0.1, -0.05) is 12.1 Å². The van der Waals surface area contributed by atoms with E-state index in [2.05, 4.69) is 10.6 Å². The van der Waals surface area contributed by atoms with Gasteiger partial charge in [0, 0.05) is 31.8 Å². The fraction of sp³-hybridized carbons (Fsp3) is 0.182. The highest BCUT2D eigenvalue weighted by atomic mass is 32.2. The van der Waals surface area contributed by atoms with E-state index in [4.69, 9.17) is 4.42 Å². The van der Waals surface area contributed by atoms with Crippen LogP contribution in [0, 0.1) is 0 Å². The molecule has 3 aromatic rings. The summed E-state index contributed by atoms with van der Waals surface area (Å²) < 4.78 is 33.3. The monoisotopic (exact) mass is 441 g/mol. The summed E-state index contributed by atoms with van der Waals surface area (Å²) in [5.41, 5.74) is 1.56. The topological polar surface area (TPSA) is 109 Å². The van der Waals surface area contributed by atoms with Gasteiger partial charge in [0.2, 0.25) is 10.0 Å². The molecular weight excluding hydrogens is 418 g/mol. The summed E-state index contributed by atoms with van der Waals surface area (Å²) in [5, 5.41) is 5.05. The number of amides is 2. The van der Waals surface area contributed by atoms with Crippen molar-refractivity contribution in [2.24, 2.45) is 0 Å². The van der Waals surface area contributed by atoms with Crippen LogP contribution in [0.4, 0.5) is 0 Å². The molecule has 0 atom stereocenters. The van der Waals surface area contributed by atoms with E-state index in [0.717, 1.165) is 0 Å². The van der Waals surface area contributed by atoms with Crippen LogP contribution < -0.4 is 10.6 Å². The van der Waals surface area contributed by atoms with Crippen molar-refractivity contribution in [3.8, 4) is 0 Å². The van der Waals surface area contributed by atoms with Crippen LogP contribution in [-0.4, -0.2) is 38.6 Å². The van der Waals surface area contributed by atoms with E-state index in [1.807, 2.05) is 0 Å². The van der Waals surface area contributed by atoms with Crippen LogP contribution in [0.5, 0.6) is 0 Å². The smallest absolute Gasteiger partial charge is 0.251 e. The normalized spacial score (nSPS) is 11.3. The van der Waals surface area contributed by atoms with Crippen molar-refractivity contribution in [1.29, 1.82) is 0 Å². The third-order valence-corrected chi connectivity index (χ3v) is 6.50. The van der Waals surface area contributed by atoms with E-state index < -0.39 is 10.0 Å². The van der Waals surface area contributed by atoms with Crippen LogP contribution in [0.2, 0.25) is 0 Å². The Hall–Kier alpha value is -3.43. The predicted molar refractivity (Wildman–Crippen MR) is 115 cm³/mol. The lowest BCUT2D eigenvalue weighted by Gasteiger charge is -2.22. The maximum absolute atomic E-state index is 13.4. The number of benzene rings is 2. The number of hydrogen-bond acceptors (Lipinski definition) is 5. The molecule has 31 heavy (non-hydrogen) atoms. The van der Waals surface area contributed by atoms with Crippen LogP contribution in [0.3, 0.4) is 0 Å². The summed E-state index contributed by atoms with van der Waals surface area (Å²) in [6.07, 6.45) is 1.48. The van der Waals surface area contributed by atoms with Gasteiger partial charge in [0.15, 0.2) is 0 Å². The first-order valence-electron chi connectivity index (χ1n) is 9.51. The number of rotatable bonds is 8. The lowest BCUT2D eigenvalue weighted by atomic mass is 10.1. The molecule has 0 fully saturated rings. The Labute approximate surface area is 180 Å². The first kappa shape index (κ1) is 22.3. The van der Waals surface area contributed by atoms with Crippen molar-refractivity contribution >= 4 is 21.8 Å². The minimum absolute atomic E-state index is 0.0315. The zero-order chi connectivity index (χ0) is 22.4. The highest BCUT2D eigenvalue weighted by Gasteiger charge is 2.26. The number of furan rings is 1. The number of carbonyl (C=O) groups is 2. The van der Waals surface area contributed by atoms with Crippen molar-refractivity contribution in [2.75, 3.05) is 14.1 Å². The molecule has 2 amide bonds. The van der Waals surface area contributed by atoms with Crippen LogP contribution in [0.15, 0.2) is 76.2 Å². The van der Waals surface area contributed by atoms with Gasteiger partial charge in [-0.3, -0.25) is 9.59 Å². The molecule has 2 aromatic carbocycles. The molecule has 0 spiro atoms. The van der Waals surface area contributed by atoms with Crippen molar-refractivity contribution in [3.63, 3.8) is 0 Å². The molecule has 0 bridgehead atoms. The van der Waals surface area contributed by atoms with Crippen molar-refractivity contribution in [2.45, 2.75) is 18.0 Å². The molecule has 9 heteroatoms. The Morgan fingerprint density at radius 2 is 1.39 bits per heavy atom. The quantitative estimate of drug-likeness (QED) is 0.558.